The molecular formula is C19H13F6NO4. The lowest BCUT2D eigenvalue weighted by Crippen LogP contribution is -2.45. The Hall–Kier alpha value is -3.24. The fourth-order valence-corrected chi connectivity index (χ4v) is 3.31. The van der Waals surface area contributed by atoms with Crippen LogP contribution in [0.5, 0.6) is 11.5 Å². The molecular weight excluding hydrogens is 420 g/mol. The Kier molecular flexibility index (Phi) is 5.17. The molecule has 2 aromatic carbocycles. The number of hydrogen-bond donors (Lipinski definition) is 1. The van der Waals surface area contributed by atoms with E-state index in [9.17, 15) is 31.9 Å². The van der Waals surface area contributed by atoms with Crippen molar-refractivity contribution in [3.63, 3.8) is 0 Å². The van der Waals surface area contributed by atoms with Crippen LogP contribution in [0.4, 0.5) is 26.3 Å². The highest BCUT2D eigenvalue weighted by Gasteiger charge is 2.66. The molecule has 3 aromatic rings. The summed E-state index contributed by atoms with van der Waals surface area (Å²) in [5, 5.41) is 8.59. The number of rotatable bonds is 5. The highest BCUT2D eigenvalue weighted by molar-refractivity contribution is 6.15. The van der Waals surface area contributed by atoms with Gasteiger partial charge in [-0.1, -0.05) is 18.2 Å². The van der Waals surface area contributed by atoms with Crippen LogP contribution in [0.2, 0.25) is 0 Å². The summed E-state index contributed by atoms with van der Waals surface area (Å²) in [6, 6.07) is 6.46. The number of nitrogens with zero attached hydrogens (tertiary/aromatic N) is 1. The third kappa shape index (κ3) is 2.96. The molecule has 1 aromatic heterocycles. The normalized spacial score (nSPS) is 14.2. The number of para-hydroxylation sites is 1. The Bertz CT molecular complexity index is 1150. The summed E-state index contributed by atoms with van der Waals surface area (Å²) in [5.74, 6) is -3.29. The molecule has 0 bridgehead atoms. The van der Waals surface area contributed by atoms with E-state index in [-0.39, 0.29) is 10.9 Å². The topological polar surface area (TPSA) is 68.7 Å². The van der Waals surface area contributed by atoms with Crippen molar-refractivity contribution < 1.29 is 45.7 Å². The molecule has 0 aliphatic rings. The molecule has 0 radical (unpaired) electrons. The van der Waals surface area contributed by atoms with Crippen LogP contribution in [-0.2, 0) is 5.67 Å². The van der Waals surface area contributed by atoms with E-state index in [1.54, 1.807) is 0 Å². The van der Waals surface area contributed by atoms with Gasteiger partial charge in [0.2, 0.25) is 0 Å². The van der Waals surface area contributed by atoms with Crippen LogP contribution in [0.15, 0.2) is 30.3 Å². The molecule has 0 amide bonds. The number of fused-ring (bicyclic) bond motifs is 2. The number of alkyl halides is 6. The Morgan fingerprint density at radius 2 is 1.70 bits per heavy atom. The van der Waals surface area contributed by atoms with E-state index in [0.29, 0.717) is 0 Å². The number of carbonyl (C=O) groups is 1. The highest BCUT2D eigenvalue weighted by atomic mass is 19.4. The minimum atomic E-state index is -6.12. The number of ether oxygens (including phenoxy) is 2. The molecule has 1 atom stereocenters. The molecule has 1 heterocycles. The predicted octanol–water partition coefficient (Wildman–Crippen LogP) is 5.10. The summed E-state index contributed by atoms with van der Waals surface area (Å²) in [5.41, 5.74) is -8.23. The van der Waals surface area contributed by atoms with Crippen molar-refractivity contribution in [3.05, 3.63) is 41.5 Å². The number of halogens is 6. The van der Waals surface area contributed by atoms with Gasteiger partial charge in [-0.2, -0.15) is 13.2 Å². The lowest BCUT2D eigenvalue weighted by atomic mass is 9.87. The summed E-state index contributed by atoms with van der Waals surface area (Å²) < 4.78 is 93.2. The van der Waals surface area contributed by atoms with Gasteiger partial charge < -0.3 is 14.6 Å². The number of pyridine rings is 1. The van der Waals surface area contributed by atoms with Crippen molar-refractivity contribution in [2.24, 2.45) is 0 Å². The van der Waals surface area contributed by atoms with Crippen molar-refractivity contribution in [1.29, 1.82) is 0 Å². The molecule has 1 N–H and O–H groups in total. The van der Waals surface area contributed by atoms with Gasteiger partial charge in [0.15, 0.2) is 11.5 Å². The van der Waals surface area contributed by atoms with Gasteiger partial charge >= 0.3 is 12.1 Å². The summed E-state index contributed by atoms with van der Waals surface area (Å²) in [6.45, 7) is 0. The Morgan fingerprint density at radius 3 is 2.20 bits per heavy atom. The monoisotopic (exact) mass is 433 g/mol. The standard InChI is InChI=1S/C19H13F6NO4/c1-29-11-7-10-13(12(16(27)28)8-5-3-4-6-9(8)26-10)14(15(11)30-2)18(22,17(20)21)19(23,24)25/h3-7,17H,1-2H3,(H,27,28). The van der Waals surface area contributed by atoms with E-state index in [2.05, 4.69) is 4.98 Å². The van der Waals surface area contributed by atoms with Gasteiger partial charge in [-0.25, -0.2) is 22.9 Å². The van der Waals surface area contributed by atoms with E-state index >= 15 is 4.39 Å². The quantitative estimate of drug-likeness (QED) is 0.448. The van der Waals surface area contributed by atoms with Crippen LogP contribution in [0.1, 0.15) is 15.9 Å². The van der Waals surface area contributed by atoms with Crippen LogP contribution in [0.25, 0.3) is 21.8 Å². The van der Waals surface area contributed by atoms with Crippen molar-refractivity contribution in [2.45, 2.75) is 18.3 Å². The van der Waals surface area contributed by atoms with Crippen LogP contribution in [-0.4, -0.2) is 42.9 Å². The molecule has 0 spiro atoms. The van der Waals surface area contributed by atoms with E-state index in [4.69, 9.17) is 9.47 Å². The fraction of sp³-hybridized carbons (Fsp3) is 0.263. The van der Waals surface area contributed by atoms with Crippen LogP contribution >= 0.6 is 0 Å². The van der Waals surface area contributed by atoms with Crippen molar-refractivity contribution in [1.82, 2.24) is 4.98 Å². The maximum atomic E-state index is 15.3. The second kappa shape index (κ2) is 7.22. The third-order valence-electron chi connectivity index (χ3n) is 4.60. The molecule has 0 fully saturated rings. The molecule has 0 saturated heterocycles. The zero-order valence-electron chi connectivity index (χ0n) is 15.4. The molecule has 30 heavy (non-hydrogen) atoms. The van der Waals surface area contributed by atoms with Crippen molar-refractivity contribution >= 4 is 27.8 Å². The number of aromatic carboxylic acids is 1. The fourth-order valence-electron chi connectivity index (χ4n) is 3.31. The first-order valence-electron chi connectivity index (χ1n) is 8.24. The lowest BCUT2D eigenvalue weighted by Gasteiger charge is -2.31. The Labute approximate surface area is 164 Å². The average Bonchev–Trinajstić information content (AvgIpc) is 2.68. The second-order valence-electron chi connectivity index (χ2n) is 6.20. The lowest BCUT2D eigenvalue weighted by molar-refractivity contribution is -0.274. The van der Waals surface area contributed by atoms with Crippen LogP contribution in [0.3, 0.4) is 0 Å². The largest absolute Gasteiger partial charge is 0.493 e. The number of aromatic nitrogens is 1. The van der Waals surface area contributed by atoms with Gasteiger partial charge in [0.1, 0.15) is 0 Å². The zero-order chi connectivity index (χ0) is 22.4. The van der Waals surface area contributed by atoms with E-state index in [0.717, 1.165) is 20.3 Å². The Balaban J connectivity index is 2.73. The maximum Gasteiger partial charge on any atom is 0.432 e. The zero-order valence-corrected chi connectivity index (χ0v) is 15.4. The third-order valence-corrected chi connectivity index (χ3v) is 4.60. The second-order valence-corrected chi connectivity index (χ2v) is 6.20. The summed E-state index contributed by atoms with van der Waals surface area (Å²) >= 11 is 0. The maximum absolute atomic E-state index is 15.3. The smallest absolute Gasteiger partial charge is 0.432 e. The molecule has 11 heteroatoms. The number of carboxylic acids is 1. The van der Waals surface area contributed by atoms with E-state index in [1.807, 2.05) is 0 Å². The minimum absolute atomic E-state index is 0.0501. The molecule has 5 nitrogen and oxygen atoms in total. The molecule has 1 unspecified atom stereocenters. The first-order chi connectivity index (χ1) is 14.0. The van der Waals surface area contributed by atoms with Gasteiger partial charge in [0.25, 0.3) is 12.1 Å². The van der Waals surface area contributed by atoms with Gasteiger partial charge in [-0.15, -0.1) is 0 Å². The number of methoxy groups -OCH3 is 2. The van der Waals surface area contributed by atoms with Crippen LogP contribution < -0.4 is 9.47 Å². The van der Waals surface area contributed by atoms with Gasteiger partial charge in [-0.3, -0.25) is 0 Å². The van der Waals surface area contributed by atoms with Crippen molar-refractivity contribution in [2.75, 3.05) is 14.2 Å². The molecule has 0 aliphatic heterocycles. The van der Waals surface area contributed by atoms with Gasteiger partial charge in [0.05, 0.1) is 36.4 Å². The molecule has 0 aliphatic carbocycles. The Morgan fingerprint density at radius 1 is 1.07 bits per heavy atom. The summed E-state index contributed by atoms with van der Waals surface area (Å²) in [4.78, 5) is 16.0. The predicted molar refractivity (Wildman–Crippen MR) is 94.2 cm³/mol. The molecule has 160 valence electrons. The minimum Gasteiger partial charge on any atom is -0.493 e. The molecule has 3 rings (SSSR count). The first-order valence-corrected chi connectivity index (χ1v) is 8.24. The number of hydrogen-bond acceptors (Lipinski definition) is 4. The van der Waals surface area contributed by atoms with Crippen LogP contribution in [0, 0.1) is 0 Å². The number of carboxylic acid groups (broad SMARTS) is 1. The number of benzene rings is 2. The van der Waals surface area contributed by atoms with Crippen molar-refractivity contribution in [3.8, 4) is 11.5 Å². The molecule has 0 saturated carbocycles. The van der Waals surface area contributed by atoms with Gasteiger partial charge in [-0.05, 0) is 6.07 Å². The average molecular weight is 433 g/mol. The highest BCUT2D eigenvalue weighted by Crippen LogP contribution is 2.55. The first kappa shape index (κ1) is 21.5. The summed E-state index contributed by atoms with van der Waals surface area (Å²) in [7, 11) is 1.83. The van der Waals surface area contributed by atoms with E-state index < -0.39 is 57.8 Å². The van der Waals surface area contributed by atoms with E-state index in [1.165, 1.54) is 24.3 Å². The summed E-state index contributed by atoms with van der Waals surface area (Å²) in [6.07, 6.45) is -10.7. The SMILES string of the molecule is COc1cc2nc3ccccc3c(C(=O)O)c2c(C(F)(C(F)F)C(F)(F)F)c1OC. The van der Waals surface area contributed by atoms with Gasteiger partial charge in [0, 0.05) is 16.8 Å².